The van der Waals surface area contributed by atoms with E-state index in [0.29, 0.717) is 37.5 Å². The van der Waals surface area contributed by atoms with Crippen LogP contribution in [0, 0.1) is 21.5 Å². The molecule has 0 aliphatic carbocycles. The molecule has 0 spiro atoms. The fraction of sp³-hybridized carbons (Fsp3) is 0.333. The molecular weight excluding hydrogens is 524 g/mol. The molecule has 1 aliphatic rings. The molecule has 0 saturated carbocycles. The predicted octanol–water partition coefficient (Wildman–Crippen LogP) is 1.42. The van der Waals surface area contributed by atoms with Crippen LogP contribution in [0.3, 0.4) is 0 Å². The molecule has 0 aromatic heterocycles. The van der Waals surface area contributed by atoms with E-state index < -0.39 is 38.5 Å². The van der Waals surface area contributed by atoms with E-state index in [9.17, 15) is 31.2 Å². The molecule has 0 fully saturated rings. The third kappa shape index (κ3) is 6.68. The normalized spacial score (nSPS) is 17.7. The maximum absolute atomic E-state index is 12.1. The molecule has 3 aromatic carbocycles. The van der Waals surface area contributed by atoms with Gasteiger partial charge in [-0.3, -0.25) is 0 Å². The van der Waals surface area contributed by atoms with E-state index in [1.165, 1.54) is 0 Å². The molecule has 0 saturated heterocycles. The fourth-order valence-electron chi connectivity index (χ4n) is 4.78. The zero-order chi connectivity index (χ0) is 29.0. The lowest BCUT2D eigenvalue weighted by molar-refractivity contribution is -1.00. The molecule has 40 heavy (non-hydrogen) atoms. The van der Waals surface area contributed by atoms with E-state index in [1.54, 1.807) is 12.2 Å². The van der Waals surface area contributed by atoms with Gasteiger partial charge in [-0.15, -0.1) is 5.06 Å². The van der Waals surface area contributed by atoms with Gasteiger partial charge in [0.2, 0.25) is 11.4 Å². The minimum Gasteiger partial charge on any atom is -0.595 e. The summed E-state index contributed by atoms with van der Waals surface area (Å²) in [5, 5.41) is 61.8. The summed E-state index contributed by atoms with van der Waals surface area (Å²) in [6.45, 7) is 4.73. The number of nitrogens with one attached hydrogen (secondary N) is 3. The van der Waals surface area contributed by atoms with Gasteiger partial charge < -0.3 is 29.9 Å². The standard InChI is InChI=1S/C27H34N4O9/c1-17(2)11-22-21-15-26(39-16-18-7-5-4-6-8-18)25(38-3)12-19(21)9-10-28(22)40-27-23(30(34)35)13-20(29(32)33)14-24(27)31(36)37/h4-8,12-15,17,22,29-32,34,36H,9-11,16H2,1-3H3. The van der Waals surface area contributed by atoms with Gasteiger partial charge in [0.25, 0.3) is 5.75 Å². The SMILES string of the molecule is COc1cc2c(cc1OCc1ccccc1)C(CC(C)C)N(Oc1c([NH+]([O-])O)cc([NH+]([O-])O)cc1[NH+]([O-])O)CC2. The summed E-state index contributed by atoms with van der Waals surface area (Å²) in [6, 6.07) is 14.9. The van der Waals surface area contributed by atoms with Crippen molar-refractivity contribution < 1.29 is 45.6 Å². The molecule has 4 unspecified atom stereocenters. The van der Waals surface area contributed by atoms with Gasteiger partial charge in [0.15, 0.2) is 17.2 Å². The van der Waals surface area contributed by atoms with E-state index in [2.05, 4.69) is 0 Å². The second kappa shape index (κ2) is 12.9. The topological polar surface area (TPSA) is 174 Å². The van der Waals surface area contributed by atoms with Gasteiger partial charge in [0.1, 0.15) is 6.61 Å². The molecule has 0 bridgehead atoms. The van der Waals surface area contributed by atoms with Crippen LogP contribution in [0.15, 0.2) is 54.6 Å². The first-order valence-electron chi connectivity index (χ1n) is 12.8. The Balaban J connectivity index is 1.73. The molecule has 1 heterocycles. The molecule has 6 N–H and O–H groups in total. The summed E-state index contributed by atoms with van der Waals surface area (Å²) in [6.07, 6.45) is 1.12. The van der Waals surface area contributed by atoms with Crippen LogP contribution < -0.4 is 30.0 Å². The number of nitrogens with zero attached hydrogens (tertiary/aromatic N) is 1. The lowest BCUT2D eigenvalue weighted by atomic mass is 9.88. The lowest BCUT2D eigenvalue weighted by Gasteiger charge is -2.38. The second-order valence-corrected chi connectivity index (χ2v) is 9.92. The molecule has 13 heteroatoms. The zero-order valence-electron chi connectivity index (χ0n) is 22.4. The molecular formula is C27H34N4O9. The van der Waals surface area contributed by atoms with Crippen molar-refractivity contribution in [3.8, 4) is 17.2 Å². The minimum absolute atomic E-state index is 0.199. The molecule has 3 aromatic rings. The Morgan fingerprint density at radius 3 is 2.12 bits per heavy atom. The maximum atomic E-state index is 12.1. The van der Waals surface area contributed by atoms with Crippen LogP contribution in [0.25, 0.3) is 0 Å². The van der Waals surface area contributed by atoms with E-state index in [1.807, 2.05) is 56.3 Å². The first kappa shape index (κ1) is 29.6. The number of rotatable bonds is 11. The van der Waals surface area contributed by atoms with E-state index in [-0.39, 0.29) is 12.0 Å². The quantitative estimate of drug-likeness (QED) is 0.189. The van der Waals surface area contributed by atoms with Crippen LogP contribution in [0.5, 0.6) is 17.2 Å². The van der Waals surface area contributed by atoms with Crippen LogP contribution in [0.1, 0.15) is 43.0 Å². The lowest BCUT2D eigenvalue weighted by Crippen LogP contribution is -3.02. The second-order valence-electron chi connectivity index (χ2n) is 9.92. The van der Waals surface area contributed by atoms with Crippen LogP contribution in [-0.2, 0) is 13.0 Å². The fourth-order valence-corrected chi connectivity index (χ4v) is 4.78. The first-order chi connectivity index (χ1) is 19.1. The highest BCUT2D eigenvalue weighted by Gasteiger charge is 2.35. The van der Waals surface area contributed by atoms with Crippen molar-refractivity contribution in [2.75, 3.05) is 13.7 Å². The number of quaternary nitrogens is 3. The first-order valence-corrected chi connectivity index (χ1v) is 12.8. The Bertz CT molecular complexity index is 1260. The Kier molecular flexibility index (Phi) is 9.55. The van der Waals surface area contributed by atoms with Gasteiger partial charge in [-0.2, -0.15) is 15.7 Å². The average Bonchev–Trinajstić information content (AvgIpc) is 2.92. The number of benzene rings is 3. The van der Waals surface area contributed by atoms with Crippen molar-refractivity contribution in [3.05, 3.63) is 86.9 Å². The van der Waals surface area contributed by atoms with E-state index >= 15 is 0 Å². The third-order valence-corrected chi connectivity index (χ3v) is 6.67. The third-order valence-electron chi connectivity index (χ3n) is 6.67. The number of hydrogen-bond donors (Lipinski definition) is 6. The van der Waals surface area contributed by atoms with Gasteiger partial charge in [0, 0.05) is 6.54 Å². The largest absolute Gasteiger partial charge is 0.595 e. The molecule has 1 aliphatic heterocycles. The molecule has 13 nitrogen and oxygen atoms in total. The number of methoxy groups -OCH3 is 1. The molecule has 0 radical (unpaired) electrons. The summed E-state index contributed by atoms with van der Waals surface area (Å²) in [4.78, 5) is 6.08. The number of ether oxygens (including phenoxy) is 2. The summed E-state index contributed by atoms with van der Waals surface area (Å²) in [5.41, 5.74) is 1.32. The van der Waals surface area contributed by atoms with Crippen molar-refractivity contribution >= 4 is 17.1 Å². The molecule has 0 amide bonds. The summed E-state index contributed by atoms with van der Waals surface area (Å²) < 4.78 is 11.7. The predicted molar refractivity (Wildman–Crippen MR) is 141 cm³/mol. The van der Waals surface area contributed by atoms with Gasteiger partial charge in [-0.1, -0.05) is 44.2 Å². The van der Waals surface area contributed by atoms with Crippen molar-refractivity contribution in [2.24, 2.45) is 5.92 Å². The van der Waals surface area contributed by atoms with Gasteiger partial charge in [0.05, 0.1) is 25.3 Å². The Hall–Kier alpha value is -3.34. The van der Waals surface area contributed by atoms with Gasteiger partial charge in [-0.05, 0) is 47.6 Å². The van der Waals surface area contributed by atoms with Gasteiger partial charge in [-0.25, -0.2) is 15.6 Å². The van der Waals surface area contributed by atoms with Crippen LogP contribution >= 0.6 is 0 Å². The van der Waals surface area contributed by atoms with Gasteiger partial charge >= 0.3 is 0 Å². The van der Waals surface area contributed by atoms with Crippen molar-refractivity contribution in [2.45, 2.75) is 39.3 Å². The number of hydrogen-bond acceptors (Lipinski definition) is 10. The molecule has 216 valence electrons. The Morgan fingerprint density at radius 2 is 1.57 bits per heavy atom. The highest BCUT2D eigenvalue weighted by atomic mass is 16.8. The van der Waals surface area contributed by atoms with Crippen LogP contribution in [0.4, 0.5) is 17.1 Å². The average molecular weight is 559 g/mol. The molecule has 4 rings (SSSR count). The highest BCUT2D eigenvalue weighted by Crippen LogP contribution is 2.42. The van der Waals surface area contributed by atoms with Crippen molar-refractivity contribution in [1.82, 2.24) is 5.06 Å². The van der Waals surface area contributed by atoms with Crippen LogP contribution in [0.2, 0.25) is 0 Å². The Labute approximate surface area is 231 Å². The monoisotopic (exact) mass is 558 g/mol. The summed E-state index contributed by atoms with van der Waals surface area (Å²) in [7, 11) is 1.57. The van der Waals surface area contributed by atoms with Crippen molar-refractivity contribution in [1.29, 1.82) is 0 Å². The maximum Gasteiger partial charge on any atom is 0.275 e. The van der Waals surface area contributed by atoms with E-state index in [0.717, 1.165) is 28.8 Å². The number of hydroxylamine groups is 2. The van der Waals surface area contributed by atoms with Crippen LogP contribution in [-0.4, -0.2) is 34.3 Å². The zero-order valence-corrected chi connectivity index (χ0v) is 22.4. The Morgan fingerprint density at radius 1 is 0.925 bits per heavy atom. The number of fused-ring (bicyclic) bond motifs is 1. The van der Waals surface area contributed by atoms with Crippen molar-refractivity contribution in [3.63, 3.8) is 0 Å². The van der Waals surface area contributed by atoms with E-state index in [4.69, 9.17) is 14.3 Å². The highest BCUT2D eigenvalue weighted by molar-refractivity contribution is 5.65. The minimum atomic E-state index is -1.50. The molecule has 4 atom stereocenters. The smallest absolute Gasteiger partial charge is 0.275 e. The summed E-state index contributed by atoms with van der Waals surface area (Å²) >= 11 is 0. The summed E-state index contributed by atoms with van der Waals surface area (Å²) in [5.74, 6) is 0.892.